The minimum absolute atomic E-state index is 0.484. The third-order valence-electron chi connectivity index (χ3n) is 3.55. The third-order valence-corrected chi connectivity index (χ3v) is 4.79. The van der Waals surface area contributed by atoms with Gasteiger partial charge in [0.05, 0.1) is 6.54 Å². The summed E-state index contributed by atoms with van der Waals surface area (Å²) in [5.41, 5.74) is 1.27. The van der Waals surface area contributed by atoms with Crippen LogP contribution in [0.15, 0.2) is 48.7 Å². The summed E-state index contributed by atoms with van der Waals surface area (Å²) in [7, 11) is 0. The van der Waals surface area contributed by atoms with Crippen molar-refractivity contribution in [2.75, 3.05) is 0 Å². The number of nitrogens with zero attached hydrogens (tertiary/aromatic N) is 1. The summed E-state index contributed by atoms with van der Waals surface area (Å²) in [6, 6.07) is 14.8. The molecule has 20 heavy (non-hydrogen) atoms. The second-order valence-electron chi connectivity index (χ2n) is 5.36. The predicted octanol–water partition coefficient (Wildman–Crippen LogP) is 4.35. The average molecular weight is 282 g/mol. The standard InChI is InChI=1S/C17H18N2S/c1-12(2)16-11-19(17(18)20-16)10-14-8-5-7-13-6-3-4-9-15(13)14/h3-9,11-12,18H,10H2,1-2H3. The maximum Gasteiger partial charge on any atom is 0.182 e. The number of hydrogen-bond acceptors (Lipinski definition) is 2. The van der Waals surface area contributed by atoms with Crippen molar-refractivity contribution in [3.63, 3.8) is 0 Å². The van der Waals surface area contributed by atoms with E-state index in [0.717, 1.165) is 6.54 Å². The Bertz CT molecular complexity index is 791. The molecule has 0 amide bonds. The molecular weight excluding hydrogens is 264 g/mol. The van der Waals surface area contributed by atoms with Crippen molar-refractivity contribution in [2.24, 2.45) is 0 Å². The topological polar surface area (TPSA) is 28.8 Å². The van der Waals surface area contributed by atoms with Crippen LogP contribution in [-0.4, -0.2) is 4.57 Å². The Morgan fingerprint density at radius 3 is 2.60 bits per heavy atom. The molecule has 0 radical (unpaired) electrons. The Labute approximate surface area is 122 Å². The molecule has 0 aliphatic rings. The van der Waals surface area contributed by atoms with E-state index in [4.69, 9.17) is 5.41 Å². The second-order valence-corrected chi connectivity index (χ2v) is 6.42. The summed E-state index contributed by atoms with van der Waals surface area (Å²) in [4.78, 5) is 1.90. The van der Waals surface area contributed by atoms with E-state index in [-0.39, 0.29) is 0 Å². The van der Waals surface area contributed by atoms with Crippen LogP contribution in [0, 0.1) is 5.41 Å². The molecule has 2 nitrogen and oxygen atoms in total. The summed E-state index contributed by atoms with van der Waals surface area (Å²) >= 11 is 1.58. The predicted molar refractivity (Wildman–Crippen MR) is 85.3 cm³/mol. The number of thiazole rings is 1. The molecule has 0 atom stereocenters. The molecule has 1 N–H and O–H groups in total. The average Bonchev–Trinajstić information content (AvgIpc) is 2.81. The van der Waals surface area contributed by atoms with E-state index >= 15 is 0 Å². The van der Waals surface area contributed by atoms with Crippen molar-refractivity contribution < 1.29 is 0 Å². The number of nitrogens with one attached hydrogen (secondary N) is 1. The Balaban J connectivity index is 2.03. The molecule has 1 aromatic heterocycles. The molecule has 1 heterocycles. The molecule has 0 aliphatic carbocycles. The normalized spacial score (nSPS) is 11.3. The van der Waals surface area contributed by atoms with E-state index in [1.807, 2.05) is 4.57 Å². The van der Waals surface area contributed by atoms with Crippen LogP contribution in [-0.2, 0) is 6.54 Å². The minimum Gasteiger partial charge on any atom is -0.319 e. The molecule has 0 bridgehead atoms. The Morgan fingerprint density at radius 1 is 1.10 bits per heavy atom. The number of aromatic nitrogens is 1. The Morgan fingerprint density at radius 2 is 1.85 bits per heavy atom. The Kier molecular flexibility index (Phi) is 3.45. The first-order chi connectivity index (χ1) is 9.65. The lowest BCUT2D eigenvalue weighted by atomic mass is 10.0. The molecule has 0 saturated heterocycles. The molecular formula is C17H18N2S. The maximum absolute atomic E-state index is 8.12. The van der Waals surface area contributed by atoms with Gasteiger partial charge in [-0.25, -0.2) is 0 Å². The van der Waals surface area contributed by atoms with Crippen molar-refractivity contribution >= 4 is 22.1 Å². The van der Waals surface area contributed by atoms with Gasteiger partial charge < -0.3 is 4.57 Å². The highest BCUT2D eigenvalue weighted by Gasteiger charge is 2.07. The fraction of sp³-hybridized carbons (Fsp3) is 0.235. The van der Waals surface area contributed by atoms with Crippen LogP contribution in [0.5, 0.6) is 0 Å². The quantitative estimate of drug-likeness (QED) is 0.740. The number of rotatable bonds is 3. The van der Waals surface area contributed by atoms with E-state index in [2.05, 4.69) is 62.5 Å². The molecule has 0 saturated carbocycles. The van der Waals surface area contributed by atoms with Crippen molar-refractivity contribution in [1.29, 1.82) is 5.41 Å². The van der Waals surface area contributed by atoms with Crippen LogP contribution in [0.2, 0.25) is 0 Å². The zero-order valence-electron chi connectivity index (χ0n) is 11.8. The molecule has 3 heteroatoms. The summed E-state index contributed by atoms with van der Waals surface area (Å²) < 4.78 is 2.04. The smallest absolute Gasteiger partial charge is 0.182 e. The fourth-order valence-electron chi connectivity index (χ4n) is 2.41. The molecule has 3 rings (SSSR count). The van der Waals surface area contributed by atoms with Crippen molar-refractivity contribution in [1.82, 2.24) is 4.57 Å². The van der Waals surface area contributed by atoms with E-state index in [9.17, 15) is 0 Å². The van der Waals surface area contributed by atoms with Crippen molar-refractivity contribution in [3.8, 4) is 0 Å². The van der Waals surface area contributed by atoms with Gasteiger partial charge in [-0.05, 0) is 22.3 Å². The summed E-state index contributed by atoms with van der Waals surface area (Å²) in [5, 5.41) is 10.7. The molecule has 102 valence electrons. The molecule has 0 unspecified atom stereocenters. The van der Waals surface area contributed by atoms with Gasteiger partial charge in [-0.1, -0.05) is 56.3 Å². The molecule has 3 aromatic rings. The maximum atomic E-state index is 8.12. The van der Waals surface area contributed by atoms with Crippen LogP contribution in [0.1, 0.15) is 30.2 Å². The van der Waals surface area contributed by atoms with Gasteiger partial charge in [0.15, 0.2) is 4.80 Å². The highest BCUT2D eigenvalue weighted by molar-refractivity contribution is 7.09. The summed E-state index contributed by atoms with van der Waals surface area (Å²) in [5.74, 6) is 0.484. The van der Waals surface area contributed by atoms with Gasteiger partial charge in [0.2, 0.25) is 0 Å². The minimum atomic E-state index is 0.484. The van der Waals surface area contributed by atoms with Gasteiger partial charge in [0, 0.05) is 11.1 Å². The molecule has 0 spiro atoms. The van der Waals surface area contributed by atoms with Gasteiger partial charge in [-0.15, -0.1) is 11.3 Å². The third kappa shape index (κ3) is 2.41. The molecule has 0 fully saturated rings. The van der Waals surface area contributed by atoms with Gasteiger partial charge in [0.1, 0.15) is 0 Å². The van der Waals surface area contributed by atoms with Crippen LogP contribution < -0.4 is 4.80 Å². The lowest BCUT2D eigenvalue weighted by Gasteiger charge is -2.07. The lowest BCUT2D eigenvalue weighted by molar-refractivity contribution is 0.752. The van der Waals surface area contributed by atoms with Crippen LogP contribution in [0.25, 0.3) is 10.8 Å². The van der Waals surface area contributed by atoms with Gasteiger partial charge in [-0.3, -0.25) is 5.41 Å². The monoisotopic (exact) mass is 282 g/mol. The summed E-state index contributed by atoms with van der Waals surface area (Å²) in [6.45, 7) is 5.12. The van der Waals surface area contributed by atoms with Crippen molar-refractivity contribution in [3.05, 3.63) is 63.9 Å². The van der Waals surface area contributed by atoms with Crippen LogP contribution in [0.3, 0.4) is 0 Å². The number of fused-ring (bicyclic) bond motifs is 1. The first kappa shape index (κ1) is 13.1. The number of hydrogen-bond donors (Lipinski definition) is 1. The van der Waals surface area contributed by atoms with Gasteiger partial charge in [0.25, 0.3) is 0 Å². The SMILES string of the molecule is CC(C)c1cn(Cc2cccc3ccccc23)c(=N)s1. The van der Waals surface area contributed by atoms with Gasteiger partial charge >= 0.3 is 0 Å². The van der Waals surface area contributed by atoms with Crippen LogP contribution in [0.4, 0.5) is 0 Å². The first-order valence-electron chi connectivity index (χ1n) is 6.86. The van der Waals surface area contributed by atoms with Gasteiger partial charge in [-0.2, -0.15) is 0 Å². The largest absolute Gasteiger partial charge is 0.319 e. The zero-order valence-corrected chi connectivity index (χ0v) is 12.6. The highest BCUT2D eigenvalue weighted by atomic mass is 32.1. The highest BCUT2D eigenvalue weighted by Crippen LogP contribution is 2.21. The zero-order chi connectivity index (χ0) is 14.1. The fourth-order valence-corrected chi connectivity index (χ4v) is 3.28. The van der Waals surface area contributed by atoms with Crippen LogP contribution >= 0.6 is 11.3 Å². The second kappa shape index (κ2) is 5.25. The van der Waals surface area contributed by atoms with E-state index in [1.54, 1.807) is 11.3 Å². The van der Waals surface area contributed by atoms with E-state index in [1.165, 1.54) is 21.2 Å². The van der Waals surface area contributed by atoms with E-state index in [0.29, 0.717) is 10.7 Å². The van der Waals surface area contributed by atoms with E-state index < -0.39 is 0 Å². The Hall–Kier alpha value is -1.87. The number of benzene rings is 2. The van der Waals surface area contributed by atoms with Crippen molar-refractivity contribution in [2.45, 2.75) is 26.3 Å². The molecule has 2 aromatic carbocycles. The lowest BCUT2D eigenvalue weighted by Crippen LogP contribution is -2.12. The first-order valence-corrected chi connectivity index (χ1v) is 7.68. The summed E-state index contributed by atoms with van der Waals surface area (Å²) in [6.07, 6.45) is 2.12. The molecule has 0 aliphatic heterocycles.